The van der Waals surface area contributed by atoms with Gasteiger partial charge in [-0.2, -0.15) is 0 Å². The molecule has 0 radical (unpaired) electrons. The Morgan fingerprint density at radius 3 is 2.00 bits per heavy atom. The standard InChI is InChI=1S/C13H24O3/c14-12-8-6-4-2-1-3-5-7-11(9-10-12)13(15)16/h11-12,14H,1-10H2,(H,15,16). The van der Waals surface area contributed by atoms with Crippen molar-refractivity contribution in [2.24, 2.45) is 5.92 Å². The van der Waals surface area contributed by atoms with E-state index in [-0.39, 0.29) is 12.0 Å². The second-order valence-corrected chi connectivity index (χ2v) is 4.97. The summed E-state index contributed by atoms with van der Waals surface area (Å²) in [7, 11) is 0. The first-order valence-electron chi connectivity index (χ1n) is 6.61. The molecule has 94 valence electrons. The fourth-order valence-electron chi connectivity index (χ4n) is 2.41. The lowest BCUT2D eigenvalue weighted by Crippen LogP contribution is -2.17. The fraction of sp³-hybridized carbons (Fsp3) is 0.923. The van der Waals surface area contributed by atoms with Crippen LogP contribution in [0.3, 0.4) is 0 Å². The van der Waals surface area contributed by atoms with Gasteiger partial charge in [0, 0.05) is 0 Å². The highest BCUT2D eigenvalue weighted by atomic mass is 16.4. The van der Waals surface area contributed by atoms with Crippen LogP contribution in [0.1, 0.15) is 64.2 Å². The maximum absolute atomic E-state index is 11.0. The van der Waals surface area contributed by atoms with E-state index in [2.05, 4.69) is 0 Å². The highest BCUT2D eigenvalue weighted by Crippen LogP contribution is 2.21. The number of carboxylic acid groups (broad SMARTS) is 1. The molecule has 1 aliphatic rings. The summed E-state index contributed by atoms with van der Waals surface area (Å²) in [6.07, 6.45) is 9.52. The van der Waals surface area contributed by atoms with E-state index in [1.54, 1.807) is 0 Å². The summed E-state index contributed by atoms with van der Waals surface area (Å²) in [5, 5.41) is 18.7. The summed E-state index contributed by atoms with van der Waals surface area (Å²) in [6.45, 7) is 0. The Kier molecular flexibility index (Phi) is 6.46. The van der Waals surface area contributed by atoms with Gasteiger partial charge in [0.05, 0.1) is 12.0 Å². The molecule has 0 bridgehead atoms. The lowest BCUT2D eigenvalue weighted by molar-refractivity contribution is -0.142. The number of aliphatic hydroxyl groups is 1. The van der Waals surface area contributed by atoms with E-state index in [0.29, 0.717) is 12.8 Å². The van der Waals surface area contributed by atoms with Crippen molar-refractivity contribution >= 4 is 5.97 Å². The second-order valence-electron chi connectivity index (χ2n) is 4.97. The van der Waals surface area contributed by atoms with Gasteiger partial charge >= 0.3 is 5.97 Å². The summed E-state index contributed by atoms with van der Waals surface area (Å²) in [6, 6.07) is 0. The van der Waals surface area contributed by atoms with Crippen LogP contribution in [0.5, 0.6) is 0 Å². The quantitative estimate of drug-likeness (QED) is 0.725. The highest BCUT2D eigenvalue weighted by Gasteiger charge is 2.18. The number of hydrogen-bond donors (Lipinski definition) is 2. The molecule has 0 aromatic rings. The molecule has 2 N–H and O–H groups in total. The van der Waals surface area contributed by atoms with E-state index in [1.165, 1.54) is 19.3 Å². The maximum atomic E-state index is 11.0. The summed E-state index contributed by atoms with van der Waals surface area (Å²) in [5.41, 5.74) is 0. The molecular weight excluding hydrogens is 204 g/mol. The van der Waals surface area contributed by atoms with E-state index < -0.39 is 5.97 Å². The van der Waals surface area contributed by atoms with Crippen molar-refractivity contribution in [1.29, 1.82) is 0 Å². The third-order valence-corrected chi connectivity index (χ3v) is 3.54. The minimum Gasteiger partial charge on any atom is -0.481 e. The Morgan fingerprint density at radius 1 is 0.812 bits per heavy atom. The second kappa shape index (κ2) is 7.66. The normalized spacial score (nSPS) is 30.1. The minimum absolute atomic E-state index is 0.242. The van der Waals surface area contributed by atoms with Gasteiger partial charge in [-0.3, -0.25) is 4.79 Å². The van der Waals surface area contributed by atoms with Crippen LogP contribution in [0.25, 0.3) is 0 Å². The molecule has 1 fully saturated rings. The van der Waals surface area contributed by atoms with E-state index in [0.717, 1.165) is 32.1 Å². The average molecular weight is 228 g/mol. The number of carbonyl (C=O) groups is 1. The van der Waals surface area contributed by atoms with Gasteiger partial charge in [-0.25, -0.2) is 0 Å². The summed E-state index contributed by atoms with van der Waals surface area (Å²) < 4.78 is 0. The van der Waals surface area contributed by atoms with Crippen molar-refractivity contribution in [3.63, 3.8) is 0 Å². The van der Waals surface area contributed by atoms with E-state index >= 15 is 0 Å². The van der Waals surface area contributed by atoms with Gasteiger partial charge in [0.1, 0.15) is 0 Å². The van der Waals surface area contributed by atoms with Crippen LogP contribution in [0.15, 0.2) is 0 Å². The topological polar surface area (TPSA) is 57.5 Å². The first kappa shape index (κ1) is 13.5. The summed E-state index contributed by atoms with van der Waals surface area (Å²) in [4.78, 5) is 11.0. The zero-order valence-corrected chi connectivity index (χ0v) is 10.0. The Hall–Kier alpha value is -0.570. The number of carboxylic acids is 1. The Labute approximate surface area is 97.9 Å². The van der Waals surface area contributed by atoms with Crippen molar-refractivity contribution in [3.05, 3.63) is 0 Å². The van der Waals surface area contributed by atoms with Crippen LogP contribution in [0.2, 0.25) is 0 Å². The van der Waals surface area contributed by atoms with Gasteiger partial charge in [-0.15, -0.1) is 0 Å². The van der Waals surface area contributed by atoms with Gasteiger partial charge in [-0.05, 0) is 25.7 Å². The largest absolute Gasteiger partial charge is 0.481 e. The Bertz CT molecular complexity index is 203. The van der Waals surface area contributed by atoms with E-state index in [1.807, 2.05) is 0 Å². The highest BCUT2D eigenvalue weighted by molar-refractivity contribution is 5.69. The molecule has 3 heteroatoms. The average Bonchev–Trinajstić information content (AvgIpc) is 2.23. The van der Waals surface area contributed by atoms with Crippen molar-refractivity contribution in [2.45, 2.75) is 70.3 Å². The number of rotatable bonds is 1. The predicted molar refractivity (Wildman–Crippen MR) is 63.3 cm³/mol. The molecule has 1 rings (SSSR count). The molecule has 2 atom stereocenters. The lowest BCUT2D eigenvalue weighted by atomic mass is 9.92. The SMILES string of the molecule is O=C(O)C1CCCCCCCCC(O)CC1. The van der Waals surface area contributed by atoms with Crippen molar-refractivity contribution in [1.82, 2.24) is 0 Å². The smallest absolute Gasteiger partial charge is 0.306 e. The monoisotopic (exact) mass is 228 g/mol. The molecule has 1 saturated carbocycles. The van der Waals surface area contributed by atoms with Crippen molar-refractivity contribution < 1.29 is 15.0 Å². The summed E-state index contributed by atoms with van der Waals surface area (Å²) in [5.74, 6) is -0.932. The van der Waals surface area contributed by atoms with Crippen LogP contribution >= 0.6 is 0 Å². The molecule has 16 heavy (non-hydrogen) atoms. The maximum Gasteiger partial charge on any atom is 0.306 e. The van der Waals surface area contributed by atoms with Gasteiger partial charge in [-0.1, -0.05) is 38.5 Å². The number of aliphatic hydroxyl groups excluding tert-OH is 1. The zero-order chi connectivity index (χ0) is 11.8. The molecule has 0 spiro atoms. The van der Waals surface area contributed by atoms with Gasteiger partial charge in [0.15, 0.2) is 0 Å². The zero-order valence-electron chi connectivity index (χ0n) is 10.0. The van der Waals surface area contributed by atoms with Crippen LogP contribution in [0, 0.1) is 5.92 Å². The van der Waals surface area contributed by atoms with Crippen LogP contribution in [-0.2, 0) is 4.79 Å². The third-order valence-electron chi connectivity index (χ3n) is 3.54. The molecule has 0 heterocycles. The van der Waals surface area contributed by atoms with Crippen LogP contribution in [-0.4, -0.2) is 22.3 Å². The lowest BCUT2D eigenvalue weighted by Gasteiger charge is -2.16. The number of aliphatic carboxylic acids is 1. The first-order valence-corrected chi connectivity index (χ1v) is 6.61. The molecule has 0 amide bonds. The van der Waals surface area contributed by atoms with Crippen LogP contribution in [0.4, 0.5) is 0 Å². The molecule has 0 saturated heterocycles. The Balaban J connectivity index is 2.39. The van der Waals surface area contributed by atoms with Gasteiger partial charge < -0.3 is 10.2 Å². The Morgan fingerprint density at radius 2 is 1.38 bits per heavy atom. The molecule has 2 unspecified atom stereocenters. The first-order chi connectivity index (χ1) is 7.70. The molecule has 0 aliphatic heterocycles. The fourth-order valence-corrected chi connectivity index (χ4v) is 2.41. The molecular formula is C13H24O3. The van der Waals surface area contributed by atoms with Crippen molar-refractivity contribution in [3.8, 4) is 0 Å². The van der Waals surface area contributed by atoms with Crippen LogP contribution < -0.4 is 0 Å². The number of hydrogen-bond acceptors (Lipinski definition) is 2. The minimum atomic E-state index is -0.691. The van der Waals surface area contributed by atoms with E-state index in [4.69, 9.17) is 5.11 Å². The molecule has 3 nitrogen and oxygen atoms in total. The molecule has 0 aromatic heterocycles. The third kappa shape index (κ3) is 5.50. The molecule has 0 aromatic carbocycles. The summed E-state index contributed by atoms with van der Waals surface area (Å²) >= 11 is 0. The van der Waals surface area contributed by atoms with Gasteiger partial charge in [0.2, 0.25) is 0 Å². The van der Waals surface area contributed by atoms with Crippen molar-refractivity contribution in [2.75, 3.05) is 0 Å². The predicted octanol–water partition coefficient (Wildman–Crippen LogP) is 2.96. The van der Waals surface area contributed by atoms with Gasteiger partial charge in [0.25, 0.3) is 0 Å². The molecule has 1 aliphatic carbocycles. The van der Waals surface area contributed by atoms with E-state index in [9.17, 15) is 9.90 Å².